The van der Waals surface area contributed by atoms with Gasteiger partial charge in [0.05, 0.1) is 5.57 Å². The van der Waals surface area contributed by atoms with Gasteiger partial charge in [-0.05, 0) is 78.7 Å². The molecule has 0 bridgehead atoms. The van der Waals surface area contributed by atoms with Gasteiger partial charge in [-0.15, -0.1) is 0 Å². The number of rotatable bonds is 3. The highest BCUT2D eigenvalue weighted by atomic mass is 127. The van der Waals surface area contributed by atoms with Crippen molar-refractivity contribution >= 4 is 34.3 Å². The molecule has 30 heavy (non-hydrogen) atoms. The van der Waals surface area contributed by atoms with Crippen LogP contribution in [0.4, 0.5) is 0 Å². The Morgan fingerprint density at radius 1 is 1.13 bits per heavy atom. The lowest BCUT2D eigenvalue weighted by Gasteiger charge is -2.40. The average Bonchev–Trinajstić information content (AvgIpc) is 2.67. The Hall–Kier alpha value is -1.63. The van der Waals surface area contributed by atoms with Crippen molar-refractivity contribution in [1.29, 1.82) is 0 Å². The number of esters is 1. The van der Waals surface area contributed by atoms with E-state index in [1.54, 1.807) is 0 Å². The molecule has 160 valence electrons. The second kappa shape index (κ2) is 8.48. The molecule has 1 aromatic carbocycles. The zero-order valence-corrected chi connectivity index (χ0v) is 20.2. The minimum atomic E-state index is -0.367. The van der Waals surface area contributed by atoms with E-state index >= 15 is 0 Å². The molecule has 4 rings (SSSR count). The summed E-state index contributed by atoms with van der Waals surface area (Å²) in [6.07, 6.45) is 6.57. The average molecular weight is 519 g/mol. The summed E-state index contributed by atoms with van der Waals surface area (Å²) in [5.41, 5.74) is 4.04. The first-order chi connectivity index (χ1) is 14.3. The number of dihydropyridines is 1. The maximum absolute atomic E-state index is 13.4. The summed E-state index contributed by atoms with van der Waals surface area (Å²) in [5.74, 6) is -0.511. The van der Waals surface area contributed by atoms with Crippen molar-refractivity contribution in [2.24, 2.45) is 5.41 Å². The molecule has 0 unspecified atom stereocenters. The number of nitrogens with one attached hydrogen (secondary N) is 1. The quantitative estimate of drug-likeness (QED) is 0.407. The van der Waals surface area contributed by atoms with Gasteiger partial charge < -0.3 is 10.1 Å². The van der Waals surface area contributed by atoms with Gasteiger partial charge in [-0.1, -0.05) is 38.5 Å². The largest absolute Gasteiger partial charge is 0.459 e. The molecular formula is C25H30INO3. The smallest absolute Gasteiger partial charge is 0.337 e. The number of hydrogen-bond donors (Lipinski definition) is 1. The number of carbonyl (C=O) groups is 2. The SMILES string of the molecule is CC1=C(C(=O)OC2CCCCC2)[C@@H](c2ccccc2I)C2=C(CC(C)(C)CC2=O)N1. The summed E-state index contributed by atoms with van der Waals surface area (Å²) in [6.45, 7) is 6.20. The minimum absolute atomic E-state index is 0.0154. The van der Waals surface area contributed by atoms with Crippen LogP contribution in [0.5, 0.6) is 0 Å². The second-order valence-corrected chi connectivity index (χ2v) is 10.8. The molecule has 2 aliphatic carbocycles. The molecule has 1 aromatic rings. The van der Waals surface area contributed by atoms with Crippen molar-refractivity contribution in [2.45, 2.75) is 77.7 Å². The van der Waals surface area contributed by atoms with Crippen molar-refractivity contribution in [3.05, 3.63) is 55.9 Å². The highest BCUT2D eigenvalue weighted by Gasteiger charge is 2.43. The second-order valence-electron chi connectivity index (χ2n) is 9.62. The van der Waals surface area contributed by atoms with Crippen LogP contribution >= 0.6 is 22.6 Å². The number of benzene rings is 1. The van der Waals surface area contributed by atoms with Gasteiger partial charge in [0.25, 0.3) is 0 Å². The van der Waals surface area contributed by atoms with Crippen LogP contribution < -0.4 is 5.32 Å². The van der Waals surface area contributed by atoms with Gasteiger partial charge >= 0.3 is 5.97 Å². The van der Waals surface area contributed by atoms with E-state index in [1.165, 1.54) is 6.42 Å². The van der Waals surface area contributed by atoms with E-state index in [4.69, 9.17) is 4.74 Å². The molecule has 0 aromatic heterocycles. The first-order valence-electron chi connectivity index (χ1n) is 11.0. The number of allylic oxidation sites excluding steroid dienone is 3. The Kier molecular flexibility index (Phi) is 6.11. The molecule has 1 saturated carbocycles. The predicted octanol–water partition coefficient (Wildman–Crippen LogP) is 5.77. The van der Waals surface area contributed by atoms with Crippen LogP contribution in [0, 0.1) is 8.99 Å². The third-order valence-electron chi connectivity index (χ3n) is 6.50. The molecule has 1 N–H and O–H groups in total. The van der Waals surface area contributed by atoms with Crippen LogP contribution in [0.25, 0.3) is 0 Å². The standard InChI is InChI=1S/C25H30INO3/c1-15-21(24(29)30-16-9-5-4-6-10-16)22(17-11-7-8-12-18(17)26)23-19(27-15)13-25(2,3)14-20(23)28/h7-8,11-12,16,22,27H,4-6,9-10,13-14H2,1-3H3/t22-/m1/s1. The van der Waals surface area contributed by atoms with Gasteiger partial charge in [-0.3, -0.25) is 4.79 Å². The number of ether oxygens (including phenoxy) is 1. The number of ketones is 1. The van der Waals surface area contributed by atoms with E-state index in [0.29, 0.717) is 12.0 Å². The lowest BCUT2D eigenvalue weighted by atomic mass is 9.68. The Morgan fingerprint density at radius 3 is 2.53 bits per heavy atom. The molecule has 0 spiro atoms. The number of halogens is 1. The summed E-state index contributed by atoms with van der Waals surface area (Å²) in [6, 6.07) is 8.05. The van der Waals surface area contributed by atoms with E-state index < -0.39 is 0 Å². The Morgan fingerprint density at radius 2 is 1.83 bits per heavy atom. The molecule has 0 amide bonds. The third-order valence-corrected chi connectivity index (χ3v) is 7.48. The summed E-state index contributed by atoms with van der Waals surface area (Å²) < 4.78 is 7.03. The number of carbonyl (C=O) groups excluding carboxylic acids is 2. The molecular weight excluding hydrogens is 489 g/mol. The maximum Gasteiger partial charge on any atom is 0.337 e. The van der Waals surface area contributed by atoms with E-state index in [-0.39, 0.29) is 29.2 Å². The number of hydrogen-bond acceptors (Lipinski definition) is 4. The van der Waals surface area contributed by atoms with E-state index in [2.05, 4.69) is 41.8 Å². The van der Waals surface area contributed by atoms with Gasteiger partial charge in [0.2, 0.25) is 0 Å². The fourth-order valence-corrected chi connectivity index (χ4v) is 5.82. The Balaban J connectivity index is 1.77. The van der Waals surface area contributed by atoms with Crippen molar-refractivity contribution in [2.75, 3.05) is 0 Å². The van der Waals surface area contributed by atoms with E-state index in [1.807, 2.05) is 31.2 Å². The fraction of sp³-hybridized carbons (Fsp3) is 0.520. The summed E-state index contributed by atoms with van der Waals surface area (Å²) in [5, 5.41) is 3.43. The van der Waals surface area contributed by atoms with Crippen molar-refractivity contribution < 1.29 is 14.3 Å². The normalized spacial score (nSPS) is 24.4. The fourth-order valence-electron chi connectivity index (χ4n) is 5.12. The van der Waals surface area contributed by atoms with Crippen molar-refractivity contribution in [3.63, 3.8) is 0 Å². The van der Waals surface area contributed by atoms with Gasteiger partial charge in [0.15, 0.2) is 5.78 Å². The van der Waals surface area contributed by atoms with Crippen LogP contribution in [0.15, 0.2) is 46.8 Å². The van der Waals surface area contributed by atoms with Gasteiger partial charge in [0.1, 0.15) is 6.10 Å². The van der Waals surface area contributed by atoms with Crippen molar-refractivity contribution in [1.82, 2.24) is 5.32 Å². The van der Waals surface area contributed by atoms with Gasteiger partial charge in [-0.25, -0.2) is 4.79 Å². The van der Waals surface area contributed by atoms with Crippen LogP contribution in [0.3, 0.4) is 0 Å². The maximum atomic E-state index is 13.4. The first-order valence-corrected chi connectivity index (χ1v) is 12.0. The lowest BCUT2D eigenvalue weighted by Crippen LogP contribution is -2.39. The Bertz CT molecular complexity index is 937. The molecule has 4 nitrogen and oxygen atoms in total. The van der Waals surface area contributed by atoms with Crippen LogP contribution in [0.1, 0.15) is 77.2 Å². The third kappa shape index (κ3) is 4.23. The number of Topliss-reactive ketones (excluding diaryl/α,β-unsaturated/α-hetero) is 1. The van der Waals surface area contributed by atoms with Crippen LogP contribution in [-0.2, 0) is 14.3 Å². The zero-order chi connectivity index (χ0) is 21.5. The molecule has 0 radical (unpaired) electrons. The predicted molar refractivity (Wildman–Crippen MR) is 126 cm³/mol. The van der Waals surface area contributed by atoms with Gasteiger partial charge in [0, 0.05) is 32.9 Å². The monoisotopic (exact) mass is 519 g/mol. The minimum Gasteiger partial charge on any atom is -0.459 e. The molecule has 0 saturated heterocycles. The molecule has 3 aliphatic rings. The first kappa shape index (κ1) is 21.6. The summed E-state index contributed by atoms with van der Waals surface area (Å²) >= 11 is 2.31. The lowest BCUT2D eigenvalue weighted by molar-refractivity contribution is -0.146. The van der Waals surface area contributed by atoms with E-state index in [9.17, 15) is 9.59 Å². The van der Waals surface area contributed by atoms with Gasteiger partial charge in [-0.2, -0.15) is 0 Å². The molecule has 5 heteroatoms. The topological polar surface area (TPSA) is 55.4 Å². The molecule has 1 atom stereocenters. The highest BCUT2D eigenvalue weighted by Crippen LogP contribution is 2.47. The Labute approximate surface area is 192 Å². The summed E-state index contributed by atoms with van der Waals surface area (Å²) in [4.78, 5) is 26.8. The highest BCUT2D eigenvalue weighted by molar-refractivity contribution is 14.1. The van der Waals surface area contributed by atoms with E-state index in [0.717, 1.165) is 58.2 Å². The summed E-state index contributed by atoms with van der Waals surface area (Å²) in [7, 11) is 0. The molecule has 1 heterocycles. The van der Waals surface area contributed by atoms with Crippen LogP contribution in [-0.4, -0.2) is 17.9 Å². The van der Waals surface area contributed by atoms with Crippen molar-refractivity contribution in [3.8, 4) is 0 Å². The van der Waals surface area contributed by atoms with Crippen LogP contribution in [0.2, 0.25) is 0 Å². The molecule has 1 aliphatic heterocycles. The molecule has 1 fully saturated rings. The zero-order valence-electron chi connectivity index (χ0n) is 18.0.